The Balaban J connectivity index is 1.40. The van der Waals surface area contributed by atoms with Crippen LogP contribution >= 0.6 is 0 Å². The molecule has 234 valence electrons. The minimum absolute atomic E-state index is 0.0737. The minimum atomic E-state index is -1.86. The van der Waals surface area contributed by atoms with Crippen LogP contribution in [0.5, 0.6) is 11.5 Å². The first-order valence-corrected chi connectivity index (χ1v) is 13.4. The molecule has 9 N–H and O–H groups in total. The van der Waals surface area contributed by atoms with Crippen molar-refractivity contribution in [1.82, 2.24) is 0 Å². The molecule has 0 bridgehead atoms. The molecule has 2 saturated heterocycles. The Morgan fingerprint density at radius 1 is 0.721 bits per heavy atom. The number of phenols is 1. The lowest BCUT2D eigenvalue weighted by atomic mass is 9.81. The average Bonchev–Trinajstić information content (AvgIpc) is 2.98. The Morgan fingerprint density at radius 2 is 1.33 bits per heavy atom. The van der Waals surface area contributed by atoms with Crippen LogP contribution in [0.1, 0.15) is 43.0 Å². The highest BCUT2D eigenvalue weighted by molar-refractivity contribution is 6.30. The number of phenolic OH excluding ortho intramolecular Hbond substituents is 1. The summed E-state index contributed by atoms with van der Waals surface area (Å²) >= 11 is 0. The van der Waals surface area contributed by atoms with E-state index in [1.807, 2.05) is 0 Å². The molecule has 10 atom stereocenters. The van der Waals surface area contributed by atoms with Gasteiger partial charge in [-0.05, 0) is 42.3 Å². The van der Waals surface area contributed by atoms with Crippen LogP contribution in [0.2, 0.25) is 0 Å². The molecule has 1 aliphatic carbocycles. The van der Waals surface area contributed by atoms with Crippen molar-refractivity contribution in [3.8, 4) is 11.5 Å². The van der Waals surface area contributed by atoms with Crippen LogP contribution in [0.3, 0.4) is 0 Å². The number of aromatic hydroxyl groups is 1. The zero-order chi connectivity index (χ0) is 31.3. The zero-order valence-corrected chi connectivity index (χ0v) is 22.7. The van der Waals surface area contributed by atoms with Gasteiger partial charge >= 0.3 is 0 Å². The molecule has 2 aliphatic heterocycles. The maximum Gasteiger partial charge on any atom is 0.229 e. The van der Waals surface area contributed by atoms with Gasteiger partial charge in [0, 0.05) is 11.1 Å². The SMILES string of the molecule is Cc1cc(O[C@@H]2O[C@H](CO[C@@H]3O[C@H](CO)[C@@H](O)[C@H](O)[C@H]3O)[C@@H](O)[C@H](O)[C@H]2O)c2c(c1)C(=O)c1cc(CO)cc(O)c1C2=O. The largest absolute Gasteiger partial charge is 0.507 e. The van der Waals surface area contributed by atoms with Crippen molar-refractivity contribution in [2.24, 2.45) is 0 Å². The first kappa shape index (κ1) is 31.4. The van der Waals surface area contributed by atoms with E-state index < -0.39 is 98.5 Å². The summed E-state index contributed by atoms with van der Waals surface area (Å²) in [5.74, 6) is -2.18. The first-order chi connectivity index (χ1) is 20.4. The lowest BCUT2D eigenvalue weighted by Gasteiger charge is -2.42. The number of hydrogen-bond acceptors (Lipinski definition) is 15. The molecule has 2 aromatic carbocycles. The second-order valence-electron chi connectivity index (χ2n) is 10.7. The van der Waals surface area contributed by atoms with Gasteiger partial charge in [-0.1, -0.05) is 0 Å². The lowest BCUT2D eigenvalue weighted by molar-refractivity contribution is -0.323. The molecule has 0 radical (unpaired) electrons. The predicted molar refractivity (Wildman–Crippen MR) is 139 cm³/mol. The van der Waals surface area contributed by atoms with E-state index in [4.69, 9.17) is 18.9 Å². The van der Waals surface area contributed by atoms with E-state index in [-0.39, 0.29) is 33.6 Å². The maximum absolute atomic E-state index is 13.6. The number of aliphatic hydroxyl groups is 8. The van der Waals surface area contributed by atoms with E-state index >= 15 is 0 Å². The first-order valence-electron chi connectivity index (χ1n) is 13.4. The zero-order valence-electron chi connectivity index (χ0n) is 22.7. The van der Waals surface area contributed by atoms with Gasteiger partial charge in [0.2, 0.25) is 12.1 Å². The third-order valence-corrected chi connectivity index (χ3v) is 7.73. The number of ether oxygens (including phenoxy) is 4. The monoisotopic (exact) mass is 608 g/mol. The summed E-state index contributed by atoms with van der Waals surface area (Å²) in [4.78, 5) is 26.9. The van der Waals surface area contributed by atoms with Crippen molar-refractivity contribution in [2.75, 3.05) is 13.2 Å². The molecule has 15 nitrogen and oxygen atoms in total. The summed E-state index contributed by atoms with van der Waals surface area (Å²) in [5, 5.41) is 91.2. The summed E-state index contributed by atoms with van der Waals surface area (Å²) in [6.07, 6.45) is -16.6. The second kappa shape index (κ2) is 12.1. The Labute approximate surface area is 243 Å². The van der Waals surface area contributed by atoms with Crippen LogP contribution in [0.15, 0.2) is 24.3 Å². The summed E-state index contributed by atoms with van der Waals surface area (Å²) in [6, 6.07) is 5.26. The highest BCUT2D eigenvalue weighted by atomic mass is 16.7. The van der Waals surface area contributed by atoms with Crippen LogP contribution in [0.4, 0.5) is 0 Å². The predicted octanol–water partition coefficient (Wildman–Crippen LogP) is -3.03. The third-order valence-electron chi connectivity index (χ3n) is 7.73. The highest BCUT2D eigenvalue weighted by Crippen LogP contribution is 2.39. The molecule has 2 heterocycles. The van der Waals surface area contributed by atoms with Crippen molar-refractivity contribution in [3.63, 3.8) is 0 Å². The molecule has 15 heteroatoms. The molecule has 0 unspecified atom stereocenters. The van der Waals surface area contributed by atoms with Gasteiger partial charge in [0.25, 0.3) is 0 Å². The molecular formula is C28H32O15. The van der Waals surface area contributed by atoms with E-state index in [1.54, 1.807) is 6.92 Å². The van der Waals surface area contributed by atoms with Gasteiger partial charge in [0.05, 0.1) is 30.9 Å². The molecule has 2 aromatic rings. The van der Waals surface area contributed by atoms with Crippen molar-refractivity contribution in [3.05, 3.63) is 57.6 Å². The standard InChI is InChI=1S/C28H32O15/c1-9-2-11-18(22(35)17-12(19(11)32)4-10(6-29)5-13(17)31)14(3-9)41-28-26(39)24(37)21(34)16(43-28)8-40-27-25(38)23(36)20(33)15(7-30)42-27/h2-5,15-16,20-21,23-31,33-34,36-39H,6-8H2,1H3/t15-,16-,20-,21-,23+,24+,25-,26-,27-,28-/m1/s1. The molecule has 0 aromatic heterocycles. The average molecular weight is 609 g/mol. The van der Waals surface area contributed by atoms with Gasteiger partial charge in [0.15, 0.2) is 12.1 Å². The Bertz CT molecular complexity index is 1390. The van der Waals surface area contributed by atoms with E-state index in [0.717, 1.165) is 6.07 Å². The van der Waals surface area contributed by atoms with Gasteiger partial charge in [-0.25, -0.2) is 0 Å². The Hall–Kier alpha value is -3.06. The number of carbonyl (C=O) groups excluding carboxylic acids is 2. The van der Waals surface area contributed by atoms with Crippen LogP contribution in [0.25, 0.3) is 0 Å². The second-order valence-corrected chi connectivity index (χ2v) is 10.7. The molecule has 0 saturated carbocycles. The quantitative estimate of drug-likeness (QED) is 0.129. The molecule has 43 heavy (non-hydrogen) atoms. The number of aliphatic hydroxyl groups excluding tert-OH is 8. The summed E-state index contributed by atoms with van der Waals surface area (Å²) < 4.78 is 22.1. The lowest BCUT2D eigenvalue weighted by Crippen LogP contribution is -2.62. The number of fused-ring (bicyclic) bond motifs is 2. The Morgan fingerprint density at radius 3 is 1.98 bits per heavy atom. The van der Waals surface area contributed by atoms with E-state index in [9.17, 15) is 55.5 Å². The van der Waals surface area contributed by atoms with Crippen molar-refractivity contribution in [1.29, 1.82) is 0 Å². The number of ketones is 2. The fourth-order valence-corrected chi connectivity index (χ4v) is 5.39. The van der Waals surface area contributed by atoms with E-state index in [2.05, 4.69) is 0 Å². The summed E-state index contributed by atoms with van der Waals surface area (Å²) in [5.41, 5.74) is -0.0654. The maximum atomic E-state index is 13.6. The van der Waals surface area contributed by atoms with Gasteiger partial charge in [0.1, 0.15) is 60.3 Å². The molecule has 0 spiro atoms. The molecule has 2 fully saturated rings. The normalized spacial score (nSPS) is 34.1. The van der Waals surface area contributed by atoms with Crippen LogP contribution in [0, 0.1) is 6.92 Å². The van der Waals surface area contributed by atoms with Crippen LogP contribution in [-0.4, -0.2) is 132 Å². The highest BCUT2D eigenvalue weighted by Gasteiger charge is 2.48. The smallest absolute Gasteiger partial charge is 0.229 e. The van der Waals surface area contributed by atoms with Gasteiger partial charge in [-0.15, -0.1) is 0 Å². The van der Waals surface area contributed by atoms with Crippen LogP contribution < -0.4 is 4.74 Å². The van der Waals surface area contributed by atoms with Gasteiger partial charge in [-0.3, -0.25) is 9.59 Å². The third kappa shape index (κ3) is 5.54. The van der Waals surface area contributed by atoms with Crippen LogP contribution in [-0.2, 0) is 20.8 Å². The fraction of sp³-hybridized carbons (Fsp3) is 0.500. The molecular weight excluding hydrogens is 576 g/mol. The molecule has 5 rings (SSSR count). The molecule has 0 amide bonds. The Kier molecular flexibility index (Phi) is 8.86. The minimum Gasteiger partial charge on any atom is -0.507 e. The topological polar surface area (TPSA) is 253 Å². The number of aryl methyl sites for hydroxylation is 1. The van der Waals surface area contributed by atoms with Crippen molar-refractivity contribution >= 4 is 11.6 Å². The van der Waals surface area contributed by atoms with E-state index in [0.29, 0.717) is 5.56 Å². The molecule has 3 aliphatic rings. The van der Waals surface area contributed by atoms with Crippen molar-refractivity contribution < 1.29 is 74.5 Å². The van der Waals surface area contributed by atoms with Crippen molar-refractivity contribution in [2.45, 2.75) is 74.9 Å². The number of hydrogen-bond donors (Lipinski definition) is 9. The number of carbonyl (C=O) groups is 2. The summed E-state index contributed by atoms with van der Waals surface area (Å²) in [7, 11) is 0. The fourth-order valence-electron chi connectivity index (χ4n) is 5.39. The van der Waals surface area contributed by atoms with Gasteiger partial charge < -0.3 is 64.9 Å². The van der Waals surface area contributed by atoms with E-state index in [1.165, 1.54) is 18.2 Å². The summed E-state index contributed by atoms with van der Waals surface area (Å²) in [6.45, 7) is -0.189. The number of benzene rings is 2. The number of rotatable bonds is 7. The van der Waals surface area contributed by atoms with Gasteiger partial charge in [-0.2, -0.15) is 0 Å².